The predicted octanol–water partition coefficient (Wildman–Crippen LogP) is 1.62. The molecular weight excluding hydrogens is 513 g/mol. The van der Waals surface area contributed by atoms with Gasteiger partial charge < -0.3 is 25.1 Å². The summed E-state index contributed by atoms with van der Waals surface area (Å²) in [6.45, 7) is 1.32. The molecule has 0 unspecified atom stereocenters. The summed E-state index contributed by atoms with van der Waals surface area (Å²) >= 11 is 0. The van der Waals surface area contributed by atoms with Crippen molar-refractivity contribution in [3.63, 3.8) is 0 Å². The van der Waals surface area contributed by atoms with Crippen LogP contribution in [0.1, 0.15) is 59.0 Å². The van der Waals surface area contributed by atoms with Crippen molar-refractivity contribution in [3.8, 4) is 5.75 Å². The van der Waals surface area contributed by atoms with Gasteiger partial charge in [0.05, 0.1) is 6.16 Å². The largest absolute Gasteiger partial charge is 0.502 e. The predicted molar refractivity (Wildman–Crippen MR) is 128 cm³/mol. The highest BCUT2D eigenvalue weighted by atomic mass is 31.2. The highest BCUT2D eigenvalue weighted by Crippen LogP contribution is 2.43. The van der Waals surface area contributed by atoms with Gasteiger partial charge in [0.25, 0.3) is 11.8 Å². The topological polar surface area (TPSA) is 152 Å². The van der Waals surface area contributed by atoms with Gasteiger partial charge in [-0.05, 0) is 38.7 Å². The maximum Gasteiger partial charge on any atom is 0.327 e. The van der Waals surface area contributed by atoms with E-state index in [0.29, 0.717) is 18.9 Å². The van der Waals surface area contributed by atoms with Gasteiger partial charge >= 0.3 is 7.60 Å². The first kappa shape index (κ1) is 26.8. The fourth-order valence-electron chi connectivity index (χ4n) is 5.18. The molecule has 14 heteroatoms. The molecule has 1 aliphatic carbocycles. The van der Waals surface area contributed by atoms with E-state index in [1.165, 1.54) is 9.91 Å². The second kappa shape index (κ2) is 9.88. The summed E-state index contributed by atoms with van der Waals surface area (Å²) in [4.78, 5) is 59.8. The zero-order chi connectivity index (χ0) is 27.1. The minimum atomic E-state index is -4.47. The van der Waals surface area contributed by atoms with Crippen LogP contribution in [0, 0.1) is 11.6 Å². The Morgan fingerprint density at radius 1 is 1.19 bits per heavy atom. The Bertz CT molecular complexity index is 1350. The van der Waals surface area contributed by atoms with E-state index in [2.05, 4.69) is 5.32 Å². The van der Waals surface area contributed by atoms with Crippen molar-refractivity contribution in [1.29, 1.82) is 0 Å². The number of hydrogen-bond acceptors (Lipinski definition) is 6. The van der Waals surface area contributed by atoms with Gasteiger partial charge in [-0.2, -0.15) is 0 Å². The fraction of sp³-hybridized carbons (Fsp3) is 0.435. The molecule has 2 aliphatic rings. The summed E-state index contributed by atoms with van der Waals surface area (Å²) in [7, 11) is -4.47. The maximum atomic E-state index is 14.0. The smallest absolute Gasteiger partial charge is 0.327 e. The highest BCUT2D eigenvalue weighted by molar-refractivity contribution is 7.51. The first-order valence-electron chi connectivity index (χ1n) is 11.7. The molecule has 1 spiro atoms. The zero-order valence-electron chi connectivity index (χ0n) is 20.0. The first-order chi connectivity index (χ1) is 17.4. The van der Waals surface area contributed by atoms with Gasteiger partial charge in [-0.3, -0.25) is 28.6 Å². The van der Waals surface area contributed by atoms with Crippen molar-refractivity contribution < 1.29 is 37.8 Å². The number of hydrogen-bond donors (Lipinski definition) is 4. The molecule has 37 heavy (non-hydrogen) atoms. The SMILES string of the molecule is CCN1C(=O)c2c(O)c(=O)c(C(=O)NCc3ccc(F)cc3F)cn2N(CCP(=O)(O)O)C12CCCC2. The maximum absolute atomic E-state index is 14.0. The number of carbonyl (C=O) groups is 2. The fourth-order valence-corrected chi connectivity index (χ4v) is 5.63. The standard InChI is InChI=1S/C23H27F2N4O7P/c1-2-27-22(33)18-20(31)19(30)16(21(32)26-12-14-5-6-15(24)11-17(14)25)13-28(18)29(9-10-37(34,35)36)23(27)7-3-4-8-23/h5-6,11,13,31H,2-4,7-10,12H2,1H3,(H,26,32)(H2,34,35,36). The Balaban J connectivity index is 1.78. The number of pyridine rings is 1. The number of aromatic nitrogens is 1. The van der Waals surface area contributed by atoms with Gasteiger partial charge in [0, 0.05) is 37.5 Å². The molecule has 1 aromatic heterocycles. The molecular formula is C23H27F2N4O7P. The van der Waals surface area contributed by atoms with Crippen LogP contribution < -0.4 is 15.8 Å². The molecule has 0 radical (unpaired) electrons. The lowest BCUT2D eigenvalue weighted by Crippen LogP contribution is -2.69. The minimum absolute atomic E-state index is 0.0426. The van der Waals surface area contributed by atoms with Crippen LogP contribution in [0.5, 0.6) is 5.75 Å². The van der Waals surface area contributed by atoms with Gasteiger partial charge in [0.2, 0.25) is 5.43 Å². The summed E-state index contributed by atoms with van der Waals surface area (Å²) in [6, 6.07) is 2.79. The van der Waals surface area contributed by atoms with Crippen LogP contribution in [0.4, 0.5) is 8.78 Å². The molecule has 4 N–H and O–H groups in total. The lowest BCUT2D eigenvalue weighted by molar-refractivity contribution is 0.0297. The minimum Gasteiger partial charge on any atom is -0.502 e. The van der Waals surface area contributed by atoms with Crippen molar-refractivity contribution in [2.45, 2.75) is 44.8 Å². The molecule has 200 valence electrons. The average molecular weight is 540 g/mol. The van der Waals surface area contributed by atoms with Crippen LogP contribution >= 0.6 is 7.60 Å². The third-order valence-corrected chi connectivity index (χ3v) is 7.66. The number of rotatable bonds is 7. The van der Waals surface area contributed by atoms with E-state index >= 15 is 0 Å². The van der Waals surface area contributed by atoms with E-state index in [-0.39, 0.29) is 25.2 Å². The molecule has 0 bridgehead atoms. The second-order valence-electron chi connectivity index (χ2n) is 9.08. The van der Waals surface area contributed by atoms with E-state index in [1.54, 1.807) is 6.92 Å². The Hall–Kier alpha value is -3.28. The van der Waals surface area contributed by atoms with Crippen LogP contribution in [0.3, 0.4) is 0 Å². The number of fused-ring (bicyclic) bond motifs is 1. The molecule has 2 heterocycles. The molecule has 2 amide bonds. The van der Waals surface area contributed by atoms with E-state index in [0.717, 1.165) is 35.8 Å². The molecule has 1 aliphatic heterocycles. The lowest BCUT2D eigenvalue weighted by Gasteiger charge is -2.54. The molecule has 2 aromatic rings. The Morgan fingerprint density at radius 2 is 1.86 bits per heavy atom. The van der Waals surface area contributed by atoms with Gasteiger partial charge in [0.1, 0.15) is 22.9 Å². The summed E-state index contributed by atoms with van der Waals surface area (Å²) in [5.41, 5.74) is -3.13. The van der Waals surface area contributed by atoms with E-state index in [4.69, 9.17) is 0 Å². The van der Waals surface area contributed by atoms with Crippen LogP contribution in [0.25, 0.3) is 0 Å². The molecule has 11 nitrogen and oxygen atoms in total. The van der Waals surface area contributed by atoms with Crippen molar-refractivity contribution in [2.75, 3.05) is 24.3 Å². The number of carbonyl (C=O) groups excluding carboxylic acids is 2. The summed E-state index contributed by atoms with van der Waals surface area (Å²) in [6.07, 6.45) is 2.90. The summed E-state index contributed by atoms with van der Waals surface area (Å²) in [5.74, 6) is -4.32. The average Bonchev–Trinajstić information content (AvgIpc) is 3.29. The van der Waals surface area contributed by atoms with Crippen LogP contribution in [-0.4, -0.2) is 61.2 Å². The van der Waals surface area contributed by atoms with Gasteiger partial charge in [-0.1, -0.05) is 6.07 Å². The molecule has 4 rings (SSSR count). The quantitative estimate of drug-likeness (QED) is 0.387. The zero-order valence-corrected chi connectivity index (χ0v) is 20.9. The molecule has 1 aromatic carbocycles. The number of aromatic hydroxyl groups is 1. The summed E-state index contributed by atoms with van der Waals surface area (Å²) in [5, 5.41) is 14.6. The highest BCUT2D eigenvalue weighted by Gasteiger charge is 2.52. The number of amides is 2. The van der Waals surface area contributed by atoms with Crippen molar-refractivity contribution in [1.82, 2.24) is 14.9 Å². The van der Waals surface area contributed by atoms with Crippen molar-refractivity contribution >= 4 is 19.4 Å². The normalized spacial score (nSPS) is 16.8. The van der Waals surface area contributed by atoms with Gasteiger partial charge in [0.15, 0.2) is 11.4 Å². The molecule has 0 atom stereocenters. The first-order valence-corrected chi connectivity index (χ1v) is 13.5. The van der Waals surface area contributed by atoms with Crippen LogP contribution in [-0.2, 0) is 11.1 Å². The molecule has 0 saturated heterocycles. The van der Waals surface area contributed by atoms with E-state index in [9.17, 15) is 42.6 Å². The third kappa shape index (κ3) is 4.86. The Labute approximate surface area is 210 Å². The van der Waals surface area contributed by atoms with Crippen LogP contribution in [0.2, 0.25) is 0 Å². The number of benzene rings is 1. The van der Waals surface area contributed by atoms with Gasteiger partial charge in [-0.15, -0.1) is 0 Å². The third-order valence-electron chi connectivity index (χ3n) is 6.88. The number of nitrogens with zero attached hydrogens (tertiary/aromatic N) is 3. The Morgan fingerprint density at radius 3 is 2.46 bits per heavy atom. The second-order valence-corrected chi connectivity index (χ2v) is 10.9. The molecule has 1 saturated carbocycles. The molecule has 1 fully saturated rings. The van der Waals surface area contributed by atoms with E-state index < -0.39 is 65.3 Å². The number of nitrogens with one attached hydrogen (secondary N) is 1. The van der Waals surface area contributed by atoms with Crippen molar-refractivity contribution in [3.05, 3.63) is 63.1 Å². The van der Waals surface area contributed by atoms with Crippen molar-refractivity contribution in [2.24, 2.45) is 0 Å². The monoisotopic (exact) mass is 540 g/mol. The summed E-state index contributed by atoms with van der Waals surface area (Å²) < 4.78 is 40.0. The Kier molecular flexibility index (Phi) is 7.15. The lowest BCUT2D eigenvalue weighted by atomic mass is 10.0. The number of halogens is 2. The van der Waals surface area contributed by atoms with E-state index in [1.807, 2.05) is 0 Å². The van der Waals surface area contributed by atoms with Gasteiger partial charge in [-0.25, -0.2) is 8.78 Å². The van der Waals surface area contributed by atoms with Crippen LogP contribution in [0.15, 0.2) is 29.2 Å².